The number of anilines is 2. The Bertz CT molecular complexity index is 784. The van der Waals surface area contributed by atoms with Crippen LogP contribution in [-0.2, 0) is 6.54 Å². The van der Waals surface area contributed by atoms with Crippen LogP contribution in [0.2, 0.25) is 0 Å². The standard InChI is InChI=1S/C20H22F3N3O/c21-20(22,23)27-18-7-5-17(6-8-18)26-13-19(14-26)9-10-25(12-19)16-3-1-15(11-24)2-4-16/h1-8H,9-14,24H2. The maximum atomic E-state index is 12.3. The van der Waals surface area contributed by atoms with Gasteiger partial charge in [0.05, 0.1) is 0 Å². The number of hydrogen-bond donors (Lipinski definition) is 1. The Kier molecular flexibility index (Phi) is 4.42. The summed E-state index contributed by atoms with van der Waals surface area (Å²) in [6.07, 6.45) is -3.53. The van der Waals surface area contributed by atoms with Crippen molar-refractivity contribution in [2.24, 2.45) is 11.1 Å². The first-order valence-electron chi connectivity index (χ1n) is 9.01. The SMILES string of the molecule is NCc1ccc(N2CCC3(C2)CN(c2ccc(OC(F)(F)F)cc2)C3)cc1. The molecular weight excluding hydrogens is 355 g/mol. The Labute approximate surface area is 156 Å². The van der Waals surface area contributed by atoms with E-state index in [-0.39, 0.29) is 11.2 Å². The lowest BCUT2D eigenvalue weighted by Gasteiger charge is -2.49. The highest BCUT2D eigenvalue weighted by Gasteiger charge is 2.47. The number of benzene rings is 2. The van der Waals surface area contributed by atoms with Crippen molar-refractivity contribution in [2.45, 2.75) is 19.3 Å². The predicted octanol–water partition coefficient (Wildman–Crippen LogP) is 3.76. The summed E-state index contributed by atoms with van der Waals surface area (Å²) in [6.45, 7) is 4.41. The van der Waals surface area contributed by atoms with Crippen LogP contribution in [0.4, 0.5) is 24.5 Å². The van der Waals surface area contributed by atoms with Crippen LogP contribution in [0.5, 0.6) is 5.75 Å². The molecule has 144 valence electrons. The molecule has 0 aromatic heterocycles. The monoisotopic (exact) mass is 377 g/mol. The zero-order valence-electron chi connectivity index (χ0n) is 14.9. The van der Waals surface area contributed by atoms with Gasteiger partial charge >= 0.3 is 6.36 Å². The van der Waals surface area contributed by atoms with Crippen molar-refractivity contribution >= 4 is 11.4 Å². The van der Waals surface area contributed by atoms with Crippen molar-refractivity contribution in [2.75, 3.05) is 36.0 Å². The zero-order valence-corrected chi connectivity index (χ0v) is 14.9. The molecule has 2 fully saturated rings. The van der Waals surface area contributed by atoms with Crippen LogP contribution in [-0.4, -0.2) is 32.5 Å². The molecule has 0 unspecified atom stereocenters. The van der Waals surface area contributed by atoms with E-state index in [2.05, 4.69) is 38.8 Å². The molecule has 2 N–H and O–H groups in total. The van der Waals surface area contributed by atoms with E-state index in [9.17, 15) is 13.2 Å². The van der Waals surface area contributed by atoms with E-state index < -0.39 is 6.36 Å². The van der Waals surface area contributed by atoms with E-state index in [1.54, 1.807) is 12.1 Å². The number of ether oxygens (including phenoxy) is 1. The molecule has 2 saturated heterocycles. The summed E-state index contributed by atoms with van der Waals surface area (Å²) in [5.74, 6) is -0.186. The van der Waals surface area contributed by atoms with Gasteiger partial charge in [0.1, 0.15) is 5.75 Å². The predicted molar refractivity (Wildman–Crippen MR) is 98.9 cm³/mol. The first kappa shape index (κ1) is 18.0. The van der Waals surface area contributed by atoms with E-state index in [0.717, 1.165) is 43.9 Å². The molecule has 1 spiro atoms. The molecule has 0 atom stereocenters. The molecule has 0 aliphatic carbocycles. The second-order valence-corrected chi connectivity index (χ2v) is 7.44. The average Bonchev–Trinajstić information content (AvgIpc) is 3.06. The maximum absolute atomic E-state index is 12.3. The normalized spacial score (nSPS) is 18.7. The molecule has 2 aromatic carbocycles. The maximum Gasteiger partial charge on any atom is 0.573 e. The fourth-order valence-electron chi connectivity index (χ4n) is 4.06. The van der Waals surface area contributed by atoms with Crippen molar-refractivity contribution in [3.05, 3.63) is 54.1 Å². The van der Waals surface area contributed by atoms with Gasteiger partial charge in [0.25, 0.3) is 0 Å². The molecule has 7 heteroatoms. The topological polar surface area (TPSA) is 41.7 Å². The van der Waals surface area contributed by atoms with Gasteiger partial charge in [-0.05, 0) is 48.4 Å². The van der Waals surface area contributed by atoms with Gasteiger partial charge < -0.3 is 20.3 Å². The molecule has 2 aromatic rings. The summed E-state index contributed by atoms with van der Waals surface area (Å²) in [4.78, 5) is 4.61. The Morgan fingerprint density at radius 2 is 1.44 bits per heavy atom. The highest BCUT2D eigenvalue weighted by Crippen LogP contribution is 2.43. The summed E-state index contributed by atoms with van der Waals surface area (Å²) < 4.78 is 40.7. The zero-order chi connectivity index (χ0) is 19.1. The number of nitrogens with zero attached hydrogens (tertiary/aromatic N) is 2. The lowest BCUT2D eigenvalue weighted by atomic mass is 9.78. The molecule has 0 amide bonds. The van der Waals surface area contributed by atoms with Crippen LogP contribution < -0.4 is 20.3 Å². The van der Waals surface area contributed by atoms with E-state index >= 15 is 0 Å². The number of rotatable bonds is 4. The second-order valence-electron chi connectivity index (χ2n) is 7.44. The van der Waals surface area contributed by atoms with Gasteiger partial charge in [0.15, 0.2) is 0 Å². The quantitative estimate of drug-likeness (QED) is 0.881. The molecule has 4 nitrogen and oxygen atoms in total. The largest absolute Gasteiger partial charge is 0.573 e. The smallest absolute Gasteiger partial charge is 0.406 e. The molecule has 0 bridgehead atoms. The summed E-state index contributed by atoms with van der Waals surface area (Å²) in [5, 5.41) is 0. The van der Waals surface area contributed by atoms with Crippen LogP contribution in [0.1, 0.15) is 12.0 Å². The summed E-state index contributed by atoms with van der Waals surface area (Å²) in [5.41, 5.74) is 9.19. The highest BCUT2D eigenvalue weighted by molar-refractivity contribution is 5.55. The van der Waals surface area contributed by atoms with Gasteiger partial charge in [0.2, 0.25) is 0 Å². The van der Waals surface area contributed by atoms with Gasteiger partial charge in [-0.2, -0.15) is 0 Å². The average molecular weight is 377 g/mol. The summed E-state index contributed by atoms with van der Waals surface area (Å²) in [6, 6.07) is 14.5. The lowest BCUT2D eigenvalue weighted by Crippen LogP contribution is -2.57. The third-order valence-electron chi connectivity index (χ3n) is 5.46. The van der Waals surface area contributed by atoms with E-state index in [0.29, 0.717) is 6.54 Å². The number of nitrogens with two attached hydrogens (primary N) is 1. The van der Waals surface area contributed by atoms with Crippen molar-refractivity contribution in [1.82, 2.24) is 0 Å². The number of halogens is 3. The highest BCUT2D eigenvalue weighted by atomic mass is 19.4. The molecule has 2 aliphatic rings. The Morgan fingerprint density at radius 3 is 2.04 bits per heavy atom. The van der Waals surface area contributed by atoms with Crippen LogP contribution in [0.3, 0.4) is 0 Å². The molecule has 2 aliphatic heterocycles. The van der Waals surface area contributed by atoms with Crippen molar-refractivity contribution in [3.8, 4) is 5.75 Å². The Morgan fingerprint density at radius 1 is 0.889 bits per heavy atom. The number of hydrogen-bond acceptors (Lipinski definition) is 4. The Balaban J connectivity index is 1.35. The molecule has 0 saturated carbocycles. The second kappa shape index (κ2) is 6.64. The van der Waals surface area contributed by atoms with Crippen LogP contribution in [0, 0.1) is 5.41 Å². The van der Waals surface area contributed by atoms with Gasteiger partial charge in [-0.15, -0.1) is 13.2 Å². The van der Waals surface area contributed by atoms with Crippen LogP contribution in [0.25, 0.3) is 0 Å². The molecule has 2 heterocycles. The summed E-state index contributed by atoms with van der Waals surface area (Å²) in [7, 11) is 0. The van der Waals surface area contributed by atoms with Crippen LogP contribution >= 0.6 is 0 Å². The molecule has 4 rings (SSSR count). The van der Waals surface area contributed by atoms with E-state index in [1.165, 1.54) is 17.8 Å². The fraction of sp³-hybridized carbons (Fsp3) is 0.400. The van der Waals surface area contributed by atoms with Crippen molar-refractivity contribution in [1.29, 1.82) is 0 Å². The molecule has 27 heavy (non-hydrogen) atoms. The van der Waals surface area contributed by atoms with E-state index in [4.69, 9.17) is 5.73 Å². The number of alkyl halides is 3. The molecule has 0 radical (unpaired) electrons. The van der Waals surface area contributed by atoms with E-state index in [1.807, 2.05) is 0 Å². The third-order valence-corrected chi connectivity index (χ3v) is 5.46. The first-order valence-corrected chi connectivity index (χ1v) is 9.01. The lowest BCUT2D eigenvalue weighted by molar-refractivity contribution is -0.274. The van der Waals surface area contributed by atoms with Gasteiger partial charge in [-0.25, -0.2) is 0 Å². The summed E-state index contributed by atoms with van der Waals surface area (Å²) >= 11 is 0. The molecular formula is C20H22F3N3O. The van der Waals surface area contributed by atoms with Gasteiger partial charge in [-0.1, -0.05) is 12.1 Å². The minimum absolute atomic E-state index is 0.186. The Hall–Kier alpha value is -2.41. The van der Waals surface area contributed by atoms with Gasteiger partial charge in [-0.3, -0.25) is 0 Å². The minimum atomic E-state index is -4.65. The fourth-order valence-corrected chi connectivity index (χ4v) is 4.06. The minimum Gasteiger partial charge on any atom is -0.406 e. The van der Waals surface area contributed by atoms with Crippen LogP contribution in [0.15, 0.2) is 48.5 Å². The van der Waals surface area contributed by atoms with Gasteiger partial charge in [0, 0.05) is 49.5 Å². The third kappa shape index (κ3) is 3.83. The van der Waals surface area contributed by atoms with Crippen molar-refractivity contribution < 1.29 is 17.9 Å². The first-order chi connectivity index (χ1) is 12.9. The van der Waals surface area contributed by atoms with Crippen molar-refractivity contribution in [3.63, 3.8) is 0 Å².